The van der Waals surface area contributed by atoms with E-state index in [1.54, 1.807) is 7.11 Å². The summed E-state index contributed by atoms with van der Waals surface area (Å²) in [7, 11) is 1.66. The van der Waals surface area contributed by atoms with Crippen molar-refractivity contribution in [3.8, 4) is 11.5 Å². The van der Waals surface area contributed by atoms with Gasteiger partial charge in [0.25, 0.3) is 6.57 Å². The predicted molar refractivity (Wildman–Crippen MR) is 71.1 cm³/mol. The molecule has 0 bridgehead atoms. The zero-order valence-electron chi connectivity index (χ0n) is 9.70. The van der Waals surface area contributed by atoms with E-state index in [2.05, 4.69) is 9.34 Å². The molecule has 0 atom stereocenters. The van der Waals surface area contributed by atoms with Crippen molar-refractivity contribution in [3.63, 3.8) is 0 Å². The second-order valence-electron chi connectivity index (χ2n) is 4.16. The van der Waals surface area contributed by atoms with Crippen molar-refractivity contribution >= 4 is 18.4 Å². The lowest BCUT2D eigenvalue weighted by atomic mass is 10.3. The highest BCUT2D eigenvalue weighted by Crippen LogP contribution is 2.60. The average molecular weight is 270 g/mol. The summed E-state index contributed by atoms with van der Waals surface area (Å²) in [6, 6.07) is 7.65. The maximum absolute atomic E-state index is 6.07. The number of ether oxygens (including phenoxy) is 1. The van der Waals surface area contributed by atoms with Crippen LogP contribution in [0.2, 0.25) is 0 Å². The van der Waals surface area contributed by atoms with Crippen molar-refractivity contribution in [1.82, 2.24) is 9.34 Å². The molecule has 1 aromatic rings. The lowest BCUT2D eigenvalue weighted by Gasteiger charge is -2.24. The van der Waals surface area contributed by atoms with Crippen LogP contribution in [0.1, 0.15) is 0 Å². The normalized spacial score (nSPS) is 20.1. The van der Waals surface area contributed by atoms with Gasteiger partial charge in [0, 0.05) is 26.2 Å². The standard InChI is InChI=1S/C11H15N2O2PS/c1-14-10-2-4-11(5-3-10)15-16(17,12-6-7-12)13-8-9-13/h2-5H,6-9H2,1H3. The van der Waals surface area contributed by atoms with E-state index in [9.17, 15) is 0 Å². The number of nitrogens with zero attached hydrogens (tertiary/aromatic N) is 2. The van der Waals surface area contributed by atoms with Crippen LogP contribution in [-0.4, -0.2) is 42.6 Å². The molecule has 2 fully saturated rings. The molecule has 6 heteroatoms. The van der Waals surface area contributed by atoms with E-state index in [-0.39, 0.29) is 0 Å². The van der Waals surface area contributed by atoms with Crippen LogP contribution in [-0.2, 0) is 11.8 Å². The minimum Gasteiger partial charge on any atom is -0.497 e. The summed E-state index contributed by atoms with van der Waals surface area (Å²) in [5, 5.41) is 0. The zero-order chi connectivity index (χ0) is 11.9. The third kappa shape index (κ3) is 2.33. The molecule has 92 valence electrons. The summed E-state index contributed by atoms with van der Waals surface area (Å²) in [6.07, 6.45) is 0. The van der Waals surface area contributed by atoms with E-state index in [1.807, 2.05) is 24.3 Å². The van der Waals surface area contributed by atoms with Gasteiger partial charge >= 0.3 is 0 Å². The fraction of sp³-hybridized carbons (Fsp3) is 0.455. The highest BCUT2D eigenvalue weighted by molar-refractivity contribution is 8.10. The number of rotatable bonds is 5. The van der Waals surface area contributed by atoms with Gasteiger partial charge in [-0.3, -0.25) is 0 Å². The van der Waals surface area contributed by atoms with Crippen LogP contribution in [0.25, 0.3) is 0 Å². The van der Waals surface area contributed by atoms with Gasteiger partial charge in [-0.2, -0.15) is 0 Å². The van der Waals surface area contributed by atoms with Gasteiger partial charge in [-0.25, -0.2) is 9.34 Å². The van der Waals surface area contributed by atoms with Crippen molar-refractivity contribution in [3.05, 3.63) is 24.3 Å². The Labute approximate surface area is 106 Å². The molecule has 3 rings (SSSR count). The van der Waals surface area contributed by atoms with Crippen LogP contribution < -0.4 is 9.26 Å². The van der Waals surface area contributed by atoms with Crippen LogP contribution in [0.5, 0.6) is 11.5 Å². The van der Waals surface area contributed by atoms with Gasteiger partial charge in [-0.15, -0.1) is 0 Å². The van der Waals surface area contributed by atoms with E-state index >= 15 is 0 Å². The highest BCUT2D eigenvalue weighted by atomic mass is 32.5. The summed E-state index contributed by atoms with van der Waals surface area (Å²) >= 11 is 5.73. The molecule has 2 aliphatic rings. The Balaban J connectivity index is 1.77. The van der Waals surface area contributed by atoms with E-state index in [4.69, 9.17) is 21.1 Å². The Morgan fingerprint density at radius 2 is 1.47 bits per heavy atom. The molecule has 0 spiro atoms. The maximum atomic E-state index is 6.07. The number of methoxy groups -OCH3 is 1. The van der Waals surface area contributed by atoms with E-state index < -0.39 is 6.57 Å². The minimum atomic E-state index is -1.93. The van der Waals surface area contributed by atoms with E-state index in [0.717, 1.165) is 37.7 Å². The molecule has 17 heavy (non-hydrogen) atoms. The maximum Gasteiger partial charge on any atom is 0.253 e. The smallest absolute Gasteiger partial charge is 0.253 e. The molecular formula is C11H15N2O2PS. The molecule has 0 saturated carbocycles. The Bertz CT molecular complexity index is 441. The first-order chi connectivity index (χ1) is 8.22. The summed E-state index contributed by atoms with van der Waals surface area (Å²) in [6.45, 7) is 2.37. The third-order valence-corrected chi connectivity index (χ3v) is 7.13. The summed E-state index contributed by atoms with van der Waals surface area (Å²) in [5.41, 5.74) is 0. The van der Waals surface area contributed by atoms with Crippen LogP contribution >= 0.6 is 6.57 Å². The first kappa shape index (κ1) is 11.5. The van der Waals surface area contributed by atoms with E-state index in [0.29, 0.717) is 0 Å². The SMILES string of the molecule is COc1ccc(OP(=S)(N2CC2)N2CC2)cc1. The van der Waals surface area contributed by atoms with Gasteiger partial charge in [0.2, 0.25) is 0 Å². The Kier molecular flexibility index (Phi) is 2.87. The Hall–Kier alpha value is -0.610. The fourth-order valence-corrected chi connectivity index (χ4v) is 5.08. The molecule has 0 amide bonds. The number of hydrogen-bond donors (Lipinski definition) is 0. The van der Waals surface area contributed by atoms with Gasteiger partial charge in [-0.05, 0) is 36.1 Å². The lowest BCUT2D eigenvalue weighted by Crippen LogP contribution is -2.09. The topological polar surface area (TPSA) is 24.5 Å². The third-order valence-electron chi connectivity index (χ3n) is 2.85. The van der Waals surface area contributed by atoms with Crippen LogP contribution in [0, 0.1) is 0 Å². The second kappa shape index (κ2) is 4.25. The van der Waals surface area contributed by atoms with Crippen molar-refractivity contribution in [2.75, 3.05) is 33.3 Å². The van der Waals surface area contributed by atoms with Crippen molar-refractivity contribution in [2.45, 2.75) is 0 Å². The quantitative estimate of drug-likeness (QED) is 0.601. The minimum absolute atomic E-state index is 0.837. The van der Waals surface area contributed by atoms with Crippen molar-refractivity contribution in [1.29, 1.82) is 0 Å². The van der Waals surface area contributed by atoms with Crippen molar-refractivity contribution in [2.24, 2.45) is 0 Å². The first-order valence-corrected chi connectivity index (χ1v) is 8.29. The summed E-state index contributed by atoms with van der Waals surface area (Å²) in [4.78, 5) is 0. The second-order valence-corrected chi connectivity index (χ2v) is 7.89. The number of benzene rings is 1. The summed E-state index contributed by atoms with van der Waals surface area (Å²) < 4.78 is 15.7. The monoisotopic (exact) mass is 270 g/mol. The molecule has 2 heterocycles. The van der Waals surface area contributed by atoms with Gasteiger partial charge in [0.1, 0.15) is 11.5 Å². The Morgan fingerprint density at radius 1 is 1.00 bits per heavy atom. The molecule has 1 aromatic carbocycles. The van der Waals surface area contributed by atoms with Gasteiger partial charge in [0.15, 0.2) is 0 Å². The average Bonchev–Trinajstić information content (AvgIpc) is 3.21. The molecule has 2 saturated heterocycles. The molecule has 4 nitrogen and oxygen atoms in total. The lowest BCUT2D eigenvalue weighted by molar-refractivity contribution is 0.414. The summed E-state index contributed by atoms with van der Waals surface area (Å²) in [5.74, 6) is 1.68. The molecule has 0 unspecified atom stereocenters. The van der Waals surface area contributed by atoms with Crippen LogP contribution in [0.4, 0.5) is 0 Å². The molecule has 0 aliphatic carbocycles. The zero-order valence-corrected chi connectivity index (χ0v) is 11.4. The molecule has 2 aliphatic heterocycles. The van der Waals surface area contributed by atoms with Gasteiger partial charge < -0.3 is 9.26 Å². The van der Waals surface area contributed by atoms with Crippen molar-refractivity contribution < 1.29 is 9.26 Å². The predicted octanol–water partition coefficient (Wildman–Crippen LogP) is 1.93. The highest BCUT2D eigenvalue weighted by Gasteiger charge is 2.46. The molecule has 0 N–H and O–H groups in total. The van der Waals surface area contributed by atoms with Gasteiger partial charge in [-0.1, -0.05) is 0 Å². The van der Waals surface area contributed by atoms with Gasteiger partial charge in [0.05, 0.1) is 7.11 Å². The molecule has 0 aromatic heterocycles. The largest absolute Gasteiger partial charge is 0.497 e. The van der Waals surface area contributed by atoms with Crippen LogP contribution in [0.15, 0.2) is 24.3 Å². The van der Waals surface area contributed by atoms with Crippen LogP contribution in [0.3, 0.4) is 0 Å². The Morgan fingerprint density at radius 3 is 1.88 bits per heavy atom. The molecule has 0 radical (unpaired) electrons. The first-order valence-electron chi connectivity index (χ1n) is 5.67. The number of hydrogen-bond acceptors (Lipinski definition) is 3. The fourth-order valence-electron chi connectivity index (χ4n) is 1.66. The molecular weight excluding hydrogens is 255 g/mol. The van der Waals surface area contributed by atoms with E-state index in [1.165, 1.54) is 0 Å².